The van der Waals surface area contributed by atoms with Gasteiger partial charge in [0.1, 0.15) is 10.6 Å². The molecule has 23 heavy (non-hydrogen) atoms. The summed E-state index contributed by atoms with van der Waals surface area (Å²) in [5, 5.41) is 0. The van der Waals surface area contributed by atoms with Gasteiger partial charge in [-0.3, -0.25) is 4.72 Å². The van der Waals surface area contributed by atoms with Crippen LogP contribution in [0.5, 0.6) is 5.75 Å². The van der Waals surface area contributed by atoms with Gasteiger partial charge in [0, 0.05) is 5.69 Å². The molecule has 0 atom stereocenters. The van der Waals surface area contributed by atoms with Crippen molar-refractivity contribution < 1.29 is 13.2 Å². The van der Waals surface area contributed by atoms with E-state index in [1.54, 1.807) is 12.1 Å². The van der Waals surface area contributed by atoms with Gasteiger partial charge in [-0.25, -0.2) is 8.42 Å². The summed E-state index contributed by atoms with van der Waals surface area (Å²) in [6, 6.07) is 10.9. The third-order valence-corrected chi connectivity index (χ3v) is 5.02. The van der Waals surface area contributed by atoms with Crippen molar-refractivity contribution >= 4 is 15.7 Å². The summed E-state index contributed by atoms with van der Waals surface area (Å²) in [6.45, 7) is 7.92. The summed E-state index contributed by atoms with van der Waals surface area (Å²) < 4.78 is 33.5. The number of benzene rings is 2. The van der Waals surface area contributed by atoms with Crippen LogP contribution in [-0.4, -0.2) is 15.5 Å². The second-order valence-electron chi connectivity index (χ2n) is 6.05. The van der Waals surface area contributed by atoms with Gasteiger partial charge in [0.25, 0.3) is 10.0 Å². The van der Waals surface area contributed by atoms with Crippen molar-refractivity contribution in [1.29, 1.82) is 0 Å². The van der Waals surface area contributed by atoms with E-state index < -0.39 is 10.0 Å². The molecule has 0 heterocycles. The molecule has 0 bridgehead atoms. The maximum Gasteiger partial charge on any atom is 0.265 e. The molecule has 2 rings (SSSR count). The van der Waals surface area contributed by atoms with Gasteiger partial charge in [-0.2, -0.15) is 0 Å². The predicted molar refractivity (Wildman–Crippen MR) is 93.8 cm³/mol. The number of hydrogen-bond acceptors (Lipinski definition) is 3. The van der Waals surface area contributed by atoms with Crippen molar-refractivity contribution in [3.05, 3.63) is 53.1 Å². The molecule has 0 aromatic heterocycles. The van der Waals surface area contributed by atoms with E-state index in [-0.39, 0.29) is 10.8 Å². The van der Waals surface area contributed by atoms with Gasteiger partial charge in [-0.1, -0.05) is 26.0 Å². The highest BCUT2D eigenvalue weighted by Gasteiger charge is 2.21. The Balaban J connectivity index is 2.48. The fourth-order valence-electron chi connectivity index (χ4n) is 2.51. The van der Waals surface area contributed by atoms with Crippen LogP contribution in [0.15, 0.2) is 41.3 Å². The Kier molecular flexibility index (Phi) is 5.00. The first-order chi connectivity index (χ1) is 10.7. The van der Waals surface area contributed by atoms with Crippen LogP contribution in [0.3, 0.4) is 0 Å². The second-order valence-corrected chi connectivity index (χ2v) is 7.70. The third-order valence-electron chi connectivity index (χ3n) is 3.62. The molecule has 2 aromatic rings. The molecular formula is C18H23NO3S. The standard InChI is InChI=1S/C18H23NO3S/c1-12(2)15-6-7-17(22-5)18(11-15)23(20,21)19-16-9-13(3)8-14(4)10-16/h6-12,19H,1-5H3. The van der Waals surface area contributed by atoms with Crippen LogP contribution in [0, 0.1) is 13.8 Å². The fraction of sp³-hybridized carbons (Fsp3) is 0.333. The first kappa shape index (κ1) is 17.3. The maximum absolute atomic E-state index is 12.8. The van der Waals surface area contributed by atoms with Crippen molar-refractivity contribution in [1.82, 2.24) is 0 Å². The monoisotopic (exact) mass is 333 g/mol. The average molecular weight is 333 g/mol. The highest BCUT2D eigenvalue weighted by atomic mass is 32.2. The van der Waals surface area contributed by atoms with Gasteiger partial charge in [0.05, 0.1) is 7.11 Å². The molecule has 5 heteroatoms. The summed E-state index contributed by atoms with van der Waals surface area (Å²) in [4.78, 5) is 0.158. The summed E-state index contributed by atoms with van der Waals surface area (Å²) in [6.07, 6.45) is 0. The van der Waals surface area contributed by atoms with Gasteiger partial charge in [0.2, 0.25) is 0 Å². The third kappa shape index (κ3) is 4.05. The predicted octanol–water partition coefficient (Wildman–Crippen LogP) is 4.24. The molecular weight excluding hydrogens is 310 g/mol. The molecule has 0 radical (unpaired) electrons. The van der Waals surface area contributed by atoms with Crippen molar-refractivity contribution in [2.24, 2.45) is 0 Å². The first-order valence-corrected chi connectivity index (χ1v) is 9.00. The summed E-state index contributed by atoms with van der Waals surface area (Å²) in [5.41, 5.74) is 3.52. The molecule has 124 valence electrons. The van der Waals surface area contributed by atoms with Crippen LogP contribution < -0.4 is 9.46 Å². The minimum absolute atomic E-state index is 0.158. The molecule has 0 aliphatic carbocycles. The van der Waals surface area contributed by atoms with Gasteiger partial charge < -0.3 is 4.74 Å². The van der Waals surface area contributed by atoms with Crippen LogP contribution in [0.25, 0.3) is 0 Å². The number of ether oxygens (including phenoxy) is 1. The van der Waals surface area contributed by atoms with Crippen LogP contribution in [0.4, 0.5) is 5.69 Å². The Morgan fingerprint density at radius 3 is 2.13 bits per heavy atom. The topological polar surface area (TPSA) is 55.4 Å². The van der Waals surface area contributed by atoms with Crippen LogP contribution in [-0.2, 0) is 10.0 Å². The molecule has 0 aliphatic heterocycles. The molecule has 0 unspecified atom stereocenters. The number of nitrogens with one attached hydrogen (secondary N) is 1. The van der Waals surface area contributed by atoms with E-state index in [4.69, 9.17) is 4.74 Å². The van der Waals surface area contributed by atoms with Crippen molar-refractivity contribution in [2.75, 3.05) is 11.8 Å². The lowest BCUT2D eigenvalue weighted by Crippen LogP contribution is -2.15. The molecule has 0 fully saturated rings. The van der Waals surface area contributed by atoms with Crippen molar-refractivity contribution in [2.45, 2.75) is 38.5 Å². The van der Waals surface area contributed by atoms with Crippen LogP contribution in [0.2, 0.25) is 0 Å². The molecule has 1 N–H and O–H groups in total. The van der Waals surface area contributed by atoms with E-state index in [1.165, 1.54) is 7.11 Å². The van der Waals surface area contributed by atoms with Gasteiger partial charge in [-0.05, 0) is 60.7 Å². The zero-order valence-electron chi connectivity index (χ0n) is 14.2. The highest BCUT2D eigenvalue weighted by Crippen LogP contribution is 2.29. The normalized spacial score (nSPS) is 11.6. The van der Waals surface area contributed by atoms with Crippen LogP contribution in [0.1, 0.15) is 36.5 Å². The van der Waals surface area contributed by atoms with E-state index in [0.717, 1.165) is 16.7 Å². The second kappa shape index (κ2) is 6.62. The number of anilines is 1. The number of sulfonamides is 1. The molecule has 2 aromatic carbocycles. The van der Waals surface area contributed by atoms with Gasteiger partial charge in [0.15, 0.2) is 0 Å². The zero-order valence-corrected chi connectivity index (χ0v) is 15.0. The SMILES string of the molecule is COc1ccc(C(C)C)cc1S(=O)(=O)Nc1cc(C)cc(C)c1. The lowest BCUT2D eigenvalue weighted by molar-refractivity contribution is 0.402. The number of aryl methyl sites for hydroxylation is 2. The fourth-order valence-corrected chi connectivity index (χ4v) is 3.75. The summed E-state index contributed by atoms with van der Waals surface area (Å²) in [7, 11) is -2.25. The average Bonchev–Trinajstić information content (AvgIpc) is 2.44. The highest BCUT2D eigenvalue weighted by molar-refractivity contribution is 7.92. The van der Waals surface area contributed by atoms with Crippen LogP contribution >= 0.6 is 0 Å². The Bertz CT molecular complexity index is 791. The Hall–Kier alpha value is -2.01. The van der Waals surface area contributed by atoms with Crippen molar-refractivity contribution in [3.63, 3.8) is 0 Å². The summed E-state index contributed by atoms with van der Waals surface area (Å²) in [5.74, 6) is 0.572. The minimum atomic E-state index is -3.72. The molecule has 4 nitrogen and oxygen atoms in total. The summed E-state index contributed by atoms with van der Waals surface area (Å²) >= 11 is 0. The maximum atomic E-state index is 12.8. The Morgan fingerprint density at radius 1 is 1.00 bits per heavy atom. The zero-order chi connectivity index (χ0) is 17.2. The van der Waals surface area contributed by atoms with E-state index in [0.29, 0.717) is 11.4 Å². The molecule has 0 saturated carbocycles. The van der Waals surface area contributed by atoms with E-state index >= 15 is 0 Å². The Morgan fingerprint density at radius 2 is 1.61 bits per heavy atom. The lowest BCUT2D eigenvalue weighted by Gasteiger charge is -2.15. The molecule has 0 aliphatic rings. The molecule has 0 amide bonds. The number of rotatable bonds is 5. The van der Waals surface area contributed by atoms with E-state index in [1.807, 2.05) is 52.0 Å². The van der Waals surface area contributed by atoms with Crippen molar-refractivity contribution in [3.8, 4) is 5.75 Å². The first-order valence-electron chi connectivity index (χ1n) is 7.52. The van der Waals surface area contributed by atoms with E-state index in [9.17, 15) is 8.42 Å². The van der Waals surface area contributed by atoms with E-state index in [2.05, 4.69) is 4.72 Å². The lowest BCUT2D eigenvalue weighted by atomic mass is 10.0. The molecule has 0 saturated heterocycles. The van der Waals surface area contributed by atoms with Gasteiger partial charge >= 0.3 is 0 Å². The Labute approximate surface area is 138 Å². The van der Waals surface area contributed by atoms with Gasteiger partial charge in [-0.15, -0.1) is 0 Å². The number of hydrogen-bond donors (Lipinski definition) is 1. The molecule has 0 spiro atoms. The largest absolute Gasteiger partial charge is 0.495 e. The smallest absolute Gasteiger partial charge is 0.265 e. The minimum Gasteiger partial charge on any atom is -0.495 e. The number of methoxy groups -OCH3 is 1. The quantitative estimate of drug-likeness (QED) is 0.890.